The summed E-state index contributed by atoms with van der Waals surface area (Å²) in [6.45, 7) is 0.866. The van der Waals surface area contributed by atoms with Crippen molar-refractivity contribution in [2.24, 2.45) is 5.73 Å². The van der Waals surface area contributed by atoms with Crippen molar-refractivity contribution in [2.45, 2.75) is 12.3 Å². The van der Waals surface area contributed by atoms with Crippen molar-refractivity contribution in [3.63, 3.8) is 0 Å². The van der Waals surface area contributed by atoms with Crippen LogP contribution in [0.5, 0.6) is 0 Å². The number of benzene rings is 1. The summed E-state index contributed by atoms with van der Waals surface area (Å²) in [6.07, 6.45) is 0.630. The molecule has 1 aliphatic rings. The molecule has 0 spiro atoms. The normalized spacial score (nSPS) is 18.1. The molecule has 1 aliphatic heterocycles. The Morgan fingerprint density at radius 1 is 1.38 bits per heavy atom. The number of hydrogen-bond donors (Lipinski definition) is 1. The quantitative estimate of drug-likeness (QED) is 0.941. The van der Waals surface area contributed by atoms with Crippen molar-refractivity contribution in [1.82, 2.24) is 5.16 Å². The zero-order valence-electron chi connectivity index (χ0n) is 10.9. The predicted molar refractivity (Wildman–Crippen MR) is 68.5 cm³/mol. The van der Waals surface area contributed by atoms with Gasteiger partial charge < -0.3 is 15.0 Å². The molecule has 2 heterocycles. The zero-order valence-corrected chi connectivity index (χ0v) is 10.9. The molecule has 0 aliphatic carbocycles. The molecule has 2 N–H and O–H groups in total. The van der Waals surface area contributed by atoms with E-state index in [1.807, 2.05) is 0 Å². The smallest absolute Gasteiger partial charge is 0.271 e. The molecule has 1 atom stereocenters. The van der Waals surface area contributed by atoms with E-state index in [4.69, 9.17) is 15.0 Å². The zero-order chi connectivity index (χ0) is 15.0. The number of ether oxygens (including phenoxy) is 1. The maximum atomic E-state index is 14.0. The molecule has 21 heavy (non-hydrogen) atoms. The van der Waals surface area contributed by atoms with E-state index >= 15 is 0 Å². The third kappa shape index (κ3) is 2.29. The van der Waals surface area contributed by atoms with Gasteiger partial charge in [0, 0.05) is 18.1 Å². The van der Waals surface area contributed by atoms with Gasteiger partial charge >= 0.3 is 0 Å². The van der Waals surface area contributed by atoms with Gasteiger partial charge in [0.2, 0.25) is 0 Å². The van der Waals surface area contributed by atoms with Crippen molar-refractivity contribution in [3.8, 4) is 11.3 Å². The van der Waals surface area contributed by atoms with E-state index < -0.39 is 17.5 Å². The second kappa shape index (κ2) is 5.25. The van der Waals surface area contributed by atoms with Crippen LogP contribution in [-0.4, -0.2) is 24.3 Å². The molecule has 0 saturated carbocycles. The van der Waals surface area contributed by atoms with Crippen LogP contribution in [0.15, 0.2) is 22.7 Å². The minimum atomic E-state index is -1.05. The highest BCUT2D eigenvalue weighted by Gasteiger charge is 2.32. The fourth-order valence-electron chi connectivity index (χ4n) is 2.49. The molecule has 7 heteroatoms. The minimum absolute atomic E-state index is 0.0244. The van der Waals surface area contributed by atoms with Crippen molar-refractivity contribution in [1.29, 1.82) is 0 Å². The molecule has 1 aromatic carbocycles. The Labute approximate surface area is 118 Å². The monoisotopic (exact) mass is 294 g/mol. The fourth-order valence-corrected chi connectivity index (χ4v) is 2.49. The standard InChI is InChI=1S/C14H12F2N2O3/c15-9-3-1-2-8(11(9)16)13-10(7-4-5-20-6-7)12(14(17)19)18-21-13/h1-3,7H,4-6H2,(H2,17,19). The first kappa shape index (κ1) is 13.7. The lowest BCUT2D eigenvalue weighted by Gasteiger charge is -2.09. The van der Waals surface area contributed by atoms with Gasteiger partial charge in [-0.3, -0.25) is 4.79 Å². The van der Waals surface area contributed by atoms with Gasteiger partial charge in [-0.15, -0.1) is 0 Å². The van der Waals surface area contributed by atoms with Gasteiger partial charge in [-0.05, 0) is 18.6 Å². The molecule has 0 bridgehead atoms. The molecule has 1 aromatic heterocycles. The van der Waals surface area contributed by atoms with Crippen LogP contribution in [0.1, 0.15) is 28.4 Å². The number of halogens is 2. The summed E-state index contributed by atoms with van der Waals surface area (Å²) < 4.78 is 37.7. The van der Waals surface area contributed by atoms with Crippen molar-refractivity contribution in [3.05, 3.63) is 41.1 Å². The number of amides is 1. The third-order valence-electron chi connectivity index (χ3n) is 3.50. The lowest BCUT2D eigenvalue weighted by Crippen LogP contribution is -2.15. The fraction of sp³-hybridized carbons (Fsp3) is 0.286. The molecule has 5 nitrogen and oxygen atoms in total. The Morgan fingerprint density at radius 3 is 2.86 bits per heavy atom. The van der Waals surface area contributed by atoms with Crippen molar-refractivity contribution in [2.75, 3.05) is 13.2 Å². The molecular formula is C14H12F2N2O3. The van der Waals surface area contributed by atoms with Crippen LogP contribution in [0.4, 0.5) is 8.78 Å². The minimum Gasteiger partial charge on any atom is -0.381 e. The van der Waals surface area contributed by atoms with E-state index in [-0.39, 0.29) is 22.9 Å². The molecule has 1 saturated heterocycles. The molecule has 1 fully saturated rings. The molecular weight excluding hydrogens is 282 g/mol. The van der Waals surface area contributed by atoms with E-state index in [1.54, 1.807) is 0 Å². The highest BCUT2D eigenvalue weighted by molar-refractivity contribution is 5.94. The van der Waals surface area contributed by atoms with E-state index in [2.05, 4.69) is 5.16 Å². The summed E-state index contributed by atoms with van der Waals surface area (Å²) >= 11 is 0. The first-order valence-electron chi connectivity index (χ1n) is 6.41. The number of rotatable bonds is 3. The maximum absolute atomic E-state index is 14.0. The Morgan fingerprint density at radius 2 is 2.19 bits per heavy atom. The SMILES string of the molecule is NC(=O)c1noc(-c2cccc(F)c2F)c1C1CCOC1. The van der Waals surface area contributed by atoms with E-state index in [0.29, 0.717) is 25.2 Å². The number of nitrogens with two attached hydrogens (primary N) is 1. The largest absolute Gasteiger partial charge is 0.381 e. The van der Waals surface area contributed by atoms with Gasteiger partial charge in [0.15, 0.2) is 23.1 Å². The Kier molecular flexibility index (Phi) is 3.42. The second-order valence-corrected chi connectivity index (χ2v) is 4.80. The lowest BCUT2D eigenvalue weighted by molar-refractivity contribution is 0.0990. The summed E-state index contributed by atoms with van der Waals surface area (Å²) in [4.78, 5) is 11.5. The summed E-state index contributed by atoms with van der Waals surface area (Å²) in [7, 11) is 0. The van der Waals surface area contributed by atoms with Gasteiger partial charge in [0.1, 0.15) is 0 Å². The Bertz CT molecular complexity index is 694. The number of primary amides is 1. The van der Waals surface area contributed by atoms with Crippen LogP contribution in [0.2, 0.25) is 0 Å². The topological polar surface area (TPSA) is 78.4 Å². The second-order valence-electron chi connectivity index (χ2n) is 4.80. The van der Waals surface area contributed by atoms with Crippen LogP contribution in [0.25, 0.3) is 11.3 Å². The Hall–Kier alpha value is -2.28. The number of nitrogens with zero attached hydrogens (tertiary/aromatic N) is 1. The summed E-state index contributed by atoms with van der Waals surface area (Å²) in [5.74, 6) is -2.99. The molecule has 3 rings (SSSR count). The number of carbonyl (C=O) groups excluding carboxylic acids is 1. The van der Waals surface area contributed by atoms with Gasteiger partial charge in [0.25, 0.3) is 5.91 Å². The van der Waals surface area contributed by atoms with E-state index in [1.165, 1.54) is 12.1 Å². The van der Waals surface area contributed by atoms with E-state index in [0.717, 1.165) is 6.07 Å². The average Bonchev–Trinajstić information content (AvgIpc) is 3.09. The first-order chi connectivity index (χ1) is 10.1. The van der Waals surface area contributed by atoms with Gasteiger partial charge in [0.05, 0.1) is 12.2 Å². The molecule has 1 unspecified atom stereocenters. The van der Waals surface area contributed by atoms with Gasteiger partial charge in [-0.25, -0.2) is 8.78 Å². The first-order valence-corrected chi connectivity index (χ1v) is 6.41. The summed E-state index contributed by atoms with van der Waals surface area (Å²) in [5.41, 5.74) is 5.50. The van der Waals surface area contributed by atoms with Gasteiger partial charge in [-0.1, -0.05) is 11.2 Å². The highest BCUT2D eigenvalue weighted by Crippen LogP contribution is 2.37. The van der Waals surface area contributed by atoms with E-state index in [9.17, 15) is 13.6 Å². The molecule has 0 radical (unpaired) electrons. The van der Waals surface area contributed by atoms with Crippen LogP contribution in [0, 0.1) is 11.6 Å². The highest BCUT2D eigenvalue weighted by atomic mass is 19.2. The summed E-state index contributed by atoms with van der Waals surface area (Å²) in [6, 6.07) is 3.72. The Balaban J connectivity index is 2.18. The van der Waals surface area contributed by atoms with Crippen LogP contribution in [0.3, 0.4) is 0 Å². The number of carbonyl (C=O) groups is 1. The van der Waals surface area contributed by atoms with Crippen LogP contribution >= 0.6 is 0 Å². The van der Waals surface area contributed by atoms with Gasteiger partial charge in [-0.2, -0.15) is 0 Å². The molecule has 1 amide bonds. The maximum Gasteiger partial charge on any atom is 0.271 e. The molecule has 110 valence electrons. The van der Waals surface area contributed by atoms with Crippen molar-refractivity contribution >= 4 is 5.91 Å². The third-order valence-corrected chi connectivity index (χ3v) is 3.50. The number of hydrogen-bond acceptors (Lipinski definition) is 4. The summed E-state index contributed by atoms with van der Waals surface area (Å²) in [5, 5.41) is 3.61. The lowest BCUT2D eigenvalue weighted by atomic mass is 9.93. The van der Waals surface area contributed by atoms with Crippen LogP contribution < -0.4 is 5.73 Å². The predicted octanol–water partition coefficient (Wildman–Crippen LogP) is 2.22. The molecule has 2 aromatic rings. The number of aromatic nitrogens is 1. The average molecular weight is 294 g/mol. The van der Waals surface area contributed by atoms with Crippen molar-refractivity contribution < 1.29 is 22.8 Å². The van der Waals surface area contributed by atoms with Crippen LogP contribution in [-0.2, 0) is 4.74 Å².